The Morgan fingerprint density at radius 1 is 0.769 bits per heavy atom. The van der Waals surface area contributed by atoms with Crippen molar-refractivity contribution >= 4 is 6.29 Å². The van der Waals surface area contributed by atoms with Crippen molar-refractivity contribution in [2.24, 2.45) is 0 Å². The summed E-state index contributed by atoms with van der Waals surface area (Å²) in [4.78, 5) is 20.7. The number of hydrogen-bond acceptors (Lipinski definition) is 3. The lowest BCUT2D eigenvalue weighted by Gasteiger charge is -1.93. The summed E-state index contributed by atoms with van der Waals surface area (Å²) < 4.78 is 0. The highest BCUT2D eigenvalue weighted by Crippen LogP contribution is 2.06. The lowest BCUT2D eigenvalue weighted by Crippen LogP contribution is -1.97. The molecule has 0 spiro atoms. The van der Waals surface area contributed by atoms with Crippen molar-refractivity contribution in [3.05, 3.63) is 82.6 Å². The number of carbonyl (C=O) groups is 1. The standard InChI is InChI=1S/C22H31NO3/c1-2-3-4-5-6-7-8-9-10-11-12-13-14-15-16-19-22(23(25)26)20-17-18-21-24/h3-4,6-7,9-10,12-13,15-16,20-21H,2,5,8,11,14,17-19H2,1H3/b4-3-,7-6-,10-9-,13-12-,16-15-,22-20+. The van der Waals surface area contributed by atoms with Crippen molar-refractivity contribution in [3.63, 3.8) is 0 Å². The van der Waals surface area contributed by atoms with Gasteiger partial charge in [-0.2, -0.15) is 0 Å². The van der Waals surface area contributed by atoms with Crippen LogP contribution in [0.2, 0.25) is 0 Å². The summed E-state index contributed by atoms with van der Waals surface area (Å²) >= 11 is 0. The molecule has 0 heterocycles. The Morgan fingerprint density at radius 3 is 1.65 bits per heavy atom. The first kappa shape index (κ1) is 23.5. The van der Waals surface area contributed by atoms with Crippen LogP contribution in [0.3, 0.4) is 0 Å². The average molecular weight is 357 g/mol. The van der Waals surface area contributed by atoms with Crippen LogP contribution in [0.5, 0.6) is 0 Å². The highest BCUT2D eigenvalue weighted by atomic mass is 16.6. The van der Waals surface area contributed by atoms with E-state index < -0.39 is 0 Å². The van der Waals surface area contributed by atoms with Crippen LogP contribution in [0.25, 0.3) is 0 Å². The molecule has 0 aliphatic heterocycles. The molecule has 0 aromatic rings. The molecule has 0 aromatic carbocycles. The lowest BCUT2D eigenvalue weighted by molar-refractivity contribution is -0.427. The van der Waals surface area contributed by atoms with Gasteiger partial charge in [-0.15, -0.1) is 0 Å². The Bertz CT molecular complexity index is 552. The van der Waals surface area contributed by atoms with Crippen LogP contribution >= 0.6 is 0 Å². The predicted octanol–water partition coefficient (Wildman–Crippen LogP) is 6.27. The summed E-state index contributed by atoms with van der Waals surface area (Å²) in [5, 5.41) is 10.9. The second-order valence-corrected chi connectivity index (χ2v) is 5.61. The molecular formula is C22H31NO3. The number of allylic oxidation sites excluding steroid dienone is 11. The Labute approximate surface area is 157 Å². The summed E-state index contributed by atoms with van der Waals surface area (Å²) in [6.07, 6.45) is 28.8. The zero-order valence-corrected chi connectivity index (χ0v) is 15.8. The number of nitro groups is 1. The van der Waals surface area contributed by atoms with E-state index in [2.05, 4.69) is 49.5 Å². The third kappa shape index (κ3) is 16.4. The minimum atomic E-state index is -0.385. The molecule has 0 amide bonds. The number of nitrogens with zero attached hydrogens (tertiary/aromatic N) is 1. The third-order valence-electron chi connectivity index (χ3n) is 3.38. The molecule has 4 heteroatoms. The van der Waals surface area contributed by atoms with Gasteiger partial charge >= 0.3 is 0 Å². The van der Waals surface area contributed by atoms with Gasteiger partial charge in [0.05, 0.1) is 11.3 Å². The van der Waals surface area contributed by atoms with Crippen molar-refractivity contribution in [3.8, 4) is 0 Å². The maximum atomic E-state index is 10.9. The maximum absolute atomic E-state index is 10.9. The first-order valence-electron chi connectivity index (χ1n) is 9.24. The van der Waals surface area contributed by atoms with Gasteiger partial charge in [0.1, 0.15) is 6.29 Å². The number of rotatable bonds is 15. The van der Waals surface area contributed by atoms with E-state index in [0.29, 0.717) is 19.3 Å². The van der Waals surface area contributed by atoms with Gasteiger partial charge in [-0.1, -0.05) is 67.7 Å². The van der Waals surface area contributed by atoms with Gasteiger partial charge in [0, 0.05) is 6.42 Å². The van der Waals surface area contributed by atoms with Crippen LogP contribution in [-0.4, -0.2) is 11.2 Å². The third-order valence-corrected chi connectivity index (χ3v) is 3.38. The van der Waals surface area contributed by atoms with Crippen LogP contribution in [0, 0.1) is 10.1 Å². The van der Waals surface area contributed by atoms with Crippen molar-refractivity contribution < 1.29 is 9.72 Å². The van der Waals surface area contributed by atoms with Crippen LogP contribution in [0.1, 0.15) is 58.3 Å². The Balaban J connectivity index is 3.87. The fraction of sp³-hybridized carbons (Fsp3) is 0.409. The van der Waals surface area contributed by atoms with Crippen LogP contribution < -0.4 is 0 Å². The Hall–Kier alpha value is -2.49. The summed E-state index contributed by atoms with van der Waals surface area (Å²) in [5.74, 6) is 0. The molecule has 0 bridgehead atoms. The monoisotopic (exact) mass is 357 g/mol. The molecule has 26 heavy (non-hydrogen) atoms. The lowest BCUT2D eigenvalue weighted by atomic mass is 10.2. The molecule has 0 aromatic heterocycles. The summed E-state index contributed by atoms with van der Waals surface area (Å²) in [7, 11) is 0. The van der Waals surface area contributed by atoms with E-state index in [4.69, 9.17) is 0 Å². The highest BCUT2D eigenvalue weighted by molar-refractivity contribution is 5.49. The predicted molar refractivity (Wildman–Crippen MR) is 109 cm³/mol. The zero-order chi connectivity index (χ0) is 19.3. The number of hydrogen-bond donors (Lipinski definition) is 0. The fourth-order valence-corrected chi connectivity index (χ4v) is 2.01. The molecule has 0 atom stereocenters. The number of carbonyl (C=O) groups excluding carboxylic acids is 1. The molecule has 0 fully saturated rings. The van der Waals surface area contributed by atoms with Gasteiger partial charge in [-0.05, 0) is 44.6 Å². The second kappa shape index (κ2) is 18.8. The first-order chi connectivity index (χ1) is 12.7. The van der Waals surface area contributed by atoms with Gasteiger partial charge in [0.2, 0.25) is 5.70 Å². The minimum absolute atomic E-state index is 0.147. The van der Waals surface area contributed by atoms with E-state index >= 15 is 0 Å². The van der Waals surface area contributed by atoms with E-state index in [-0.39, 0.29) is 10.6 Å². The molecule has 0 rings (SSSR count). The van der Waals surface area contributed by atoms with Crippen molar-refractivity contribution in [1.29, 1.82) is 0 Å². The molecule has 0 aliphatic carbocycles. The van der Waals surface area contributed by atoms with E-state index in [0.717, 1.165) is 38.4 Å². The average Bonchev–Trinajstić information content (AvgIpc) is 2.63. The van der Waals surface area contributed by atoms with Gasteiger partial charge in [0.25, 0.3) is 0 Å². The second-order valence-electron chi connectivity index (χ2n) is 5.61. The molecule has 4 nitrogen and oxygen atoms in total. The van der Waals surface area contributed by atoms with E-state index in [9.17, 15) is 14.9 Å². The first-order valence-corrected chi connectivity index (χ1v) is 9.24. The Morgan fingerprint density at radius 2 is 1.23 bits per heavy atom. The van der Waals surface area contributed by atoms with Crippen molar-refractivity contribution in [2.75, 3.05) is 0 Å². The summed E-state index contributed by atoms with van der Waals surface area (Å²) in [6.45, 7) is 2.13. The van der Waals surface area contributed by atoms with Crippen LogP contribution in [0.4, 0.5) is 0 Å². The molecule has 0 radical (unpaired) electrons. The normalized spacial score (nSPS) is 13.2. The molecule has 142 valence electrons. The molecule has 0 aliphatic rings. The van der Waals surface area contributed by atoms with Gasteiger partial charge in [-0.3, -0.25) is 10.1 Å². The van der Waals surface area contributed by atoms with Gasteiger partial charge in [-0.25, -0.2) is 0 Å². The molecule has 0 unspecified atom stereocenters. The van der Waals surface area contributed by atoms with Crippen molar-refractivity contribution in [1.82, 2.24) is 0 Å². The summed E-state index contributed by atoms with van der Waals surface area (Å²) in [5.41, 5.74) is 0.147. The van der Waals surface area contributed by atoms with E-state index in [1.54, 1.807) is 6.08 Å². The van der Waals surface area contributed by atoms with Gasteiger partial charge in [0.15, 0.2) is 0 Å². The zero-order valence-electron chi connectivity index (χ0n) is 15.8. The van der Waals surface area contributed by atoms with Crippen LogP contribution in [0.15, 0.2) is 72.5 Å². The fourth-order valence-electron chi connectivity index (χ4n) is 2.01. The smallest absolute Gasteiger partial charge is 0.246 e. The topological polar surface area (TPSA) is 60.2 Å². The molecule has 0 saturated carbocycles. The SMILES string of the molecule is CC/C=C\C/C=C\C/C=C\C/C=C\C/C=C\C/C(=C\CCC=O)[N+](=O)[O-]. The number of unbranched alkanes of at least 4 members (excludes halogenated alkanes) is 1. The van der Waals surface area contributed by atoms with Gasteiger partial charge < -0.3 is 4.79 Å². The molecule has 0 N–H and O–H groups in total. The molecular weight excluding hydrogens is 326 g/mol. The largest absolute Gasteiger partial charge is 0.303 e. The maximum Gasteiger partial charge on any atom is 0.246 e. The number of aldehydes is 1. The van der Waals surface area contributed by atoms with Crippen molar-refractivity contribution in [2.45, 2.75) is 58.3 Å². The Kier molecular flexibility index (Phi) is 17.0. The van der Waals surface area contributed by atoms with E-state index in [1.807, 2.05) is 12.2 Å². The quantitative estimate of drug-likeness (QED) is 0.114. The minimum Gasteiger partial charge on any atom is -0.303 e. The molecule has 0 saturated heterocycles. The highest BCUT2D eigenvalue weighted by Gasteiger charge is 2.06. The van der Waals surface area contributed by atoms with Crippen LogP contribution in [-0.2, 0) is 4.79 Å². The van der Waals surface area contributed by atoms with E-state index in [1.165, 1.54) is 6.08 Å². The summed E-state index contributed by atoms with van der Waals surface area (Å²) in [6, 6.07) is 0.